The predicted octanol–water partition coefficient (Wildman–Crippen LogP) is 2.63. The minimum absolute atomic E-state index is 0.0817. The highest BCUT2D eigenvalue weighted by molar-refractivity contribution is 5.94. The van der Waals surface area contributed by atoms with Crippen LogP contribution in [0.1, 0.15) is 36.2 Å². The van der Waals surface area contributed by atoms with Gasteiger partial charge in [-0.25, -0.2) is 9.67 Å². The number of aromatic amines is 1. The number of carbonyl (C=O) groups is 1. The molecule has 3 aromatic rings. The van der Waals surface area contributed by atoms with Crippen LogP contribution in [-0.4, -0.2) is 26.7 Å². The Bertz CT molecular complexity index is 1040. The van der Waals surface area contributed by atoms with Gasteiger partial charge in [0.2, 0.25) is 0 Å². The number of hydrogen-bond acceptors (Lipinski definition) is 4. The van der Waals surface area contributed by atoms with Gasteiger partial charge in [0.1, 0.15) is 0 Å². The Morgan fingerprint density at radius 1 is 1.30 bits per heavy atom. The molecule has 0 saturated heterocycles. The molecule has 7 nitrogen and oxygen atoms in total. The van der Waals surface area contributed by atoms with Gasteiger partial charge < -0.3 is 5.32 Å². The predicted molar refractivity (Wildman–Crippen MR) is 102 cm³/mol. The van der Waals surface area contributed by atoms with Crippen molar-refractivity contribution in [2.75, 3.05) is 0 Å². The van der Waals surface area contributed by atoms with E-state index in [1.54, 1.807) is 42.6 Å². The molecule has 0 spiro atoms. The fraction of sp³-hybridized carbons (Fsp3) is 0.200. The second kappa shape index (κ2) is 7.70. The number of amides is 1. The number of nitriles is 1. The Labute approximate surface area is 156 Å². The first kappa shape index (κ1) is 18.1. The maximum atomic E-state index is 12.7. The third kappa shape index (κ3) is 3.80. The van der Waals surface area contributed by atoms with Crippen molar-refractivity contribution in [3.05, 3.63) is 70.3 Å². The van der Waals surface area contributed by atoms with E-state index < -0.39 is 0 Å². The summed E-state index contributed by atoms with van der Waals surface area (Å²) in [6.45, 7) is 3.93. The Kier molecular flexibility index (Phi) is 5.18. The minimum atomic E-state index is -0.260. The number of H-pyrrole nitrogens is 1. The number of rotatable bonds is 5. The topological polar surface area (TPSA) is 104 Å². The van der Waals surface area contributed by atoms with Gasteiger partial charge in [0.05, 0.1) is 22.8 Å². The first-order chi connectivity index (χ1) is 13.0. The summed E-state index contributed by atoms with van der Waals surface area (Å²) in [5.74, 6) is 0.195. The zero-order valence-corrected chi connectivity index (χ0v) is 15.1. The van der Waals surface area contributed by atoms with Crippen LogP contribution in [0.25, 0.3) is 16.9 Å². The molecule has 136 valence electrons. The van der Waals surface area contributed by atoms with Crippen molar-refractivity contribution in [3.63, 3.8) is 0 Å². The number of aromatic nitrogens is 3. The number of carbonyl (C=O) groups excluding carboxylic acids is 1. The summed E-state index contributed by atoms with van der Waals surface area (Å²) in [5.41, 5.74) is 1.89. The van der Waals surface area contributed by atoms with Crippen molar-refractivity contribution in [1.82, 2.24) is 20.1 Å². The summed E-state index contributed by atoms with van der Waals surface area (Å²) < 4.78 is 1.31. The maximum Gasteiger partial charge on any atom is 0.280 e. The molecule has 2 aromatic heterocycles. The molecule has 0 bridgehead atoms. The fourth-order valence-electron chi connectivity index (χ4n) is 2.53. The smallest absolute Gasteiger partial charge is 0.280 e. The van der Waals surface area contributed by atoms with Crippen LogP contribution >= 0.6 is 0 Å². The molecule has 2 heterocycles. The third-order valence-corrected chi connectivity index (χ3v) is 4.33. The molecular weight excluding hydrogens is 342 g/mol. The van der Waals surface area contributed by atoms with Crippen molar-refractivity contribution in [2.24, 2.45) is 0 Å². The van der Waals surface area contributed by atoms with Crippen molar-refractivity contribution in [2.45, 2.75) is 26.3 Å². The Morgan fingerprint density at radius 3 is 2.63 bits per heavy atom. The molecule has 3 rings (SSSR count). The largest absolute Gasteiger partial charge is 0.350 e. The normalized spacial score (nSPS) is 11.6. The lowest BCUT2D eigenvalue weighted by Gasteiger charge is -2.11. The molecule has 0 aliphatic carbocycles. The van der Waals surface area contributed by atoms with Gasteiger partial charge >= 0.3 is 0 Å². The van der Waals surface area contributed by atoms with Gasteiger partial charge in [0.15, 0.2) is 5.82 Å². The first-order valence-corrected chi connectivity index (χ1v) is 8.61. The first-order valence-electron chi connectivity index (χ1n) is 8.61. The molecule has 0 aliphatic rings. The van der Waals surface area contributed by atoms with E-state index in [2.05, 4.69) is 15.4 Å². The molecule has 1 atom stereocenters. The van der Waals surface area contributed by atoms with Gasteiger partial charge in [0, 0.05) is 18.4 Å². The molecular formula is C20H19N5O2. The van der Waals surface area contributed by atoms with Crippen LogP contribution in [0.5, 0.6) is 0 Å². The Balaban J connectivity index is 1.85. The summed E-state index contributed by atoms with van der Waals surface area (Å²) in [4.78, 5) is 29.0. The number of hydrogen-bond donors (Lipinski definition) is 2. The summed E-state index contributed by atoms with van der Waals surface area (Å²) in [6.07, 6.45) is 3.88. The van der Waals surface area contributed by atoms with Crippen molar-refractivity contribution in [1.29, 1.82) is 5.26 Å². The lowest BCUT2D eigenvalue weighted by molar-refractivity contribution is 0.0939. The lowest BCUT2D eigenvalue weighted by atomic mass is 10.1. The van der Waals surface area contributed by atoms with Crippen molar-refractivity contribution < 1.29 is 4.79 Å². The quantitative estimate of drug-likeness (QED) is 0.729. The summed E-state index contributed by atoms with van der Waals surface area (Å²) >= 11 is 0. The molecule has 0 fully saturated rings. The monoisotopic (exact) mass is 361 g/mol. The molecule has 2 N–H and O–H groups in total. The van der Waals surface area contributed by atoms with Gasteiger partial charge in [-0.05, 0) is 43.2 Å². The number of pyridine rings is 1. The van der Waals surface area contributed by atoms with Crippen LogP contribution in [0, 0.1) is 11.3 Å². The van der Waals surface area contributed by atoms with Gasteiger partial charge in [0.25, 0.3) is 11.5 Å². The summed E-state index contributed by atoms with van der Waals surface area (Å²) in [6, 6.07) is 12.2. The zero-order valence-electron chi connectivity index (χ0n) is 15.1. The minimum Gasteiger partial charge on any atom is -0.350 e. The van der Waals surface area contributed by atoms with Crippen LogP contribution in [0.2, 0.25) is 0 Å². The second-order valence-electron chi connectivity index (χ2n) is 6.20. The van der Waals surface area contributed by atoms with Gasteiger partial charge in [-0.2, -0.15) is 5.26 Å². The van der Waals surface area contributed by atoms with E-state index in [1.165, 1.54) is 10.9 Å². The second-order valence-corrected chi connectivity index (χ2v) is 6.20. The van der Waals surface area contributed by atoms with Crippen LogP contribution in [0.3, 0.4) is 0 Å². The van der Waals surface area contributed by atoms with E-state index in [4.69, 9.17) is 5.26 Å². The summed E-state index contributed by atoms with van der Waals surface area (Å²) in [7, 11) is 0. The van der Waals surface area contributed by atoms with Crippen LogP contribution < -0.4 is 10.9 Å². The molecule has 1 aromatic carbocycles. The Morgan fingerprint density at radius 2 is 2.04 bits per heavy atom. The van der Waals surface area contributed by atoms with Crippen LogP contribution in [0.4, 0.5) is 0 Å². The average Bonchev–Trinajstić information content (AvgIpc) is 3.09. The maximum absolute atomic E-state index is 12.7. The highest BCUT2D eigenvalue weighted by atomic mass is 16.2. The van der Waals surface area contributed by atoms with E-state index in [9.17, 15) is 9.59 Å². The number of nitrogens with zero attached hydrogens (tertiary/aromatic N) is 3. The van der Waals surface area contributed by atoms with E-state index >= 15 is 0 Å². The molecule has 0 unspecified atom stereocenters. The third-order valence-electron chi connectivity index (χ3n) is 4.33. The molecule has 0 radical (unpaired) electrons. The van der Waals surface area contributed by atoms with Crippen LogP contribution in [-0.2, 0) is 0 Å². The van der Waals surface area contributed by atoms with Gasteiger partial charge in [-0.3, -0.25) is 14.7 Å². The standard InChI is InChI=1S/C20H19N5O2/c1-3-13(2)24-19(26)16-8-9-18(22-11-16)25-20(27)17(12-23-25)15-6-4-14(10-21)5-7-15/h4-9,11-13,23H,3H2,1-2H3,(H,24,26)/t13-/m1/s1. The Hall–Kier alpha value is -3.66. The van der Waals surface area contributed by atoms with E-state index in [0.717, 1.165) is 6.42 Å². The SMILES string of the molecule is CC[C@@H](C)NC(=O)c1ccc(-n2[nH]cc(-c3ccc(C#N)cc3)c2=O)nc1. The van der Waals surface area contributed by atoms with E-state index in [1.807, 2.05) is 19.9 Å². The van der Waals surface area contributed by atoms with Crippen molar-refractivity contribution in [3.8, 4) is 23.0 Å². The number of nitrogens with one attached hydrogen (secondary N) is 2. The van der Waals surface area contributed by atoms with E-state index in [0.29, 0.717) is 28.1 Å². The van der Waals surface area contributed by atoms with Gasteiger partial charge in [-0.15, -0.1) is 0 Å². The van der Waals surface area contributed by atoms with Crippen LogP contribution in [0.15, 0.2) is 53.6 Å². The molecule has 27 heavy (non-hydrogen) atoms. The number of benzene rings is 1. The van der Waals surface area contributed by atoms with Gasteiger partial charge in [-0.1, -0.05) is 19.1 Å². The zero-order chi connectivity index (χ0) is 19.4. The molecule has 0 saturated carbocycles. The molecule has 0 aliphatic heterocycles. The highest BCUT2D eigenvalue weighted by Gasteiger charge is 2.13. The average molecular weight is 361 g/mol. The van der Waals surface area contributed by atoms with E-state index in [-0.39, 0.29) is 17.5 Å². The molecule has 1 amide bonds. The lowest BCUT2D eigenvalue weighted by Crippen LogP contribution is -2.32. The molecule has 7 heteroatoms. The fourth-order valence-corrected chi connectivity index (χ4v) is 2.53. The van der Waals surface area contributed by atoms with Crippen molar-refractivity contribution >= 4 is 5.91 Å². The summed E-state index contributed by atoms with van der Waals surface area (Å²) in [5, 5.41) is 14.6. The highest BCUT2D eigenvalue weighted by Crippen LogP contribution is 2.16.